The van der Waals surface area contributed by atoms with Crippen LogP contribution in [-0.4, -0.2) is 45.7 Å². The fourth-order valence-electron chi connectivity index (χ4n) is 3.28. The number of hydrogen-bond donors (Lipinski definition) is 2. The Balaban J connectivity index is 0.00000261. The molecule has 0 radical (unpaired) electrons. The number of amides is 1. The lowest BCUT2D eigenvalue weighted by Gasteiger charge is -2.42. The summed E-state index contributed by atoms with van der Waals surface area (Å²) in [4.78, 5) is 33.7. The van der Waals surface area contributed by atoms with Gasteiger partial charge in [-0.25, -0.2) is 4.98 Å². The number of para-hydroxylation sites is 1. The van der Waals surface area contributed by atoms with E-state index in [2.05, 4.69) is 23.8 Å². The number of nitrogens with zero attached hydrogens (tertiary/aromatic N) is 2. The minimum atomic E-state index is -0.117. The molecule has 0 spiro atoms. The van der Waals surface area contributed by atoms with Gasteiger partial charge in [-0.15, -0.1) is 12.4 Å². The number of thioether (sulfide) groups is 1. The molecule has 148 valence electrons. The first-order chi connectivity index (χ1) is 12.4. The van der Waals surface area contributed by atoms with Gasteiger partial charge in [0.15, 0.2) is 0 Å². The Hall–Kier alpha value is -1.57. The SMILES string of the molecule is CC1(C)CN(C(=O)CCSCc2nc3ccccc3c(=O)[nH]2)CCC1N.Cl. The fraction of sp³-hybridized carbons (Fsp3) is 0.526. The predicted octanol–water partition coefficient (Wildman–Crippen LogP) is 2.55. The molecule has 1 fully saturated rings. The summed E-state index contributed by atoms with van der Waals surface area (Å²) in [5.74, 6) is 2.12. The van der Waals surface area contributed by atoms with E-state index >= 15 is 0 Å². The van der Waals surface area contributed by atoms with Gasteiger partial charge in [0.25, 0.3) is 5.56 Å². The molecule has 0 aliphatic carbocycles. The zero-order chi connectivity index (χ0) is 18.7. The van der Waals surface area contributed by atoms with Crippen LogP contribution in [0, 0.1) is 5.41 Å². The number of carbonyl (C=O) groups excluding carboxylic acids is 1. The van der Waals surface area contributed by atoms with E-state index in [1.54, 1.807) is 17.8 Å². The number of likely N-dealkylation sites (tertiary alicyclic amines) is 1. The van der Waals surface area contributed by atoms with Crippen molar-refractivity contribution >= 4 is 41.0 Å². The number of nitrogens with one attached hydrogen (secondary N) is 1. The van der Waals surface area contributed by atoms with Gasteiger partial charge in [0.05, 0.1) is 16.7 Å². The molecule has 1 aromatic carbocycles. The lowest BCUT2D eigenvalue weighted by atomic mass is 9.79. The maximum atomic E-state index is 12.4. The number of nitrogens with two attached hydrogens (primary N) is 1. The van der Waals surface area contributed by atoms with Crippen molar-refractivity contribution < 1.29 is 4.79 Å². The van der Waals surface area contributed by atoms with Crippen LogP contribution >= 0.6 is 24.2 Å². The van der Waals surface area contributed by atoms with Gasteiger partial charge in [0.2, 0.25) is 5.91 Å². The van der Waals surface area contributed by atoms with E-state index in [4.69, 9.17) is 5.73 Å². The molecule has 0 bridgehead atoms. The van der Waals surface area contributed by atoms with Gasteiger partial charge >= 0.3 is 0 Å². The third kappa shape index (κ3) is 5.24. The smallest absolute Gasteiger partial charge is 0.258 e. The highest BCUT2D eigenvalue weighted by molar-refractivity contribution is 7.98. The first-order valence-electron chi connectivity index (χ1n) is 8.96. The summed E-state index contributed by atoms with van der Waals surface area (Å²) >= 11 is 1.61. The van der Waals surface area contributed by atoms with Gasteiger partial charge < -0.3 is 15.6 Å². The van der Waals surface area contributed by atoms with Crippen LogP contribution in [0.3, 0.4) is 0 Å². The van der Waals surface area contributed by atoms with Gasteiger partial charge in [-0.1, -0.05) is 26.0 Å². The molecule has 3 N–H and O–H groups in total. The number of benzene rings is 1. The molecule has 6 nitrogen and oxygen atoms in total. The van der Waals surface area contributed by atoms with Crippen molar-refractivity contribution in [2.45, 2.75) is 38.5 Å². The Bertz CT molecular complexity index is 855. The molecule has 0 saturated carbocycles. The van der Waals surface area contributed by atoms with Crippen LogP contribution in [0.2, 0.25) is 0 Å². The van der Waals surface area contributed by atoms with Gasteiger partial charge in [0, 0.05) is 31.3 Å². The number of aromatic nitrogens is 2. The highest BCUT2D eigenvalue weighted by Gasteiger charge is 2.34. The molecule has 8 heteroatoms. The number of H-pyrrole nitrogens is 1. The summed E-state index contributed by atoms with van der Waals surface area (Å²) in [6.45, 7) is 5.70. The largest absolute Gasteiger partial charge is 0.342 e. The molecular formula is C19H27ClN4O2S. The molecule has 2 aromatic rings. The van der Waals surface area contributed by atoms with Crippen LogP contribution in [0.5, 0.6) is 0 Å². The van der Waals surface area contributed by atoms with Crippen molar-refractivity contribution in [2.75, 3.05) is 18.8 Å². The molecule has 1 aliphatic heterocycles. The second-order valence-corrected chi connectivity index (χ2v) is 8.64. The van der Waals surface area contributed by atoms with E-state index in [1.165, 1.54) is 0 Å². The van der Waals surface area contributed by atoms with Crippen LogP contribution in [-0.2, 0) is 10.5 Å². The zero-order valence-corrected chi connectivity index (χ0v) is 17.4. The Morgan fingerprint density at radius 2 is 2.15 bits per heavy atom. The monoisotopic (exact) mass is 410 g/mol. The molecule has 2 heterocycles. The van der Waals surface area contributed by atoms with E-state index in [1.807, 2.05) is 23.1 Å². The number of halogens is 1. The third-order valence-corrected chi connectivity index (χ3v) is 6.00. The summed E-state index contributed by atoms with van der Waals surface area (Å²) in [7, 11) is 0. The summed E-state index contributed by atoms with van der Waals surface area (Å²) in [6, 6.07) is 7.45. The van der Waals surface area contributed by atoms with E-state index in [-0.39, 0.29) is 35.3 Å². The maximum Gasteiger partial charge on any atom is 0.258 e. The molecule has 3 rings (SSSR count). The average molecular weight is 411 g/mol. The molecule has 1 saturated heterocycles. The normalized spacial score (nSPS) is 18.9. The lowest BCUT2D eigenvalue weighted by Crippen LogP contribution is -2.54. The van der Waals surface area contributed by atoms with Gasteiger partial charge in [-0.2, -0.15) is 11.8 Å². The van der Waals surface area contributed by atoms with Crippen molar-refractivity contribution in [1.82, 2.24) is 14.9 Å². The van der Waals surface area contributed by atoms with E-state index in [9.17, 15) is 9.59 Å². The topological polar surface area (TPSA) is 92.1 Å². The molecule has 1 unspecified atom stereocenters. The van der Waals surface area contributed by atoms with Crippen LogP contribution < -0.4 is 11.3 Å². The number of rotatable bonds is 5. The van der Waals surface area contributed by atoms with Gasteiger partial charge in [-0.3, -0.25) is 9.59 Å². The van der Waals surface area contributed by atoms with E-state index in [0.29, 0.717) is 34.7 Å². The van der Waals surface area contributed by atoms with Crippen molar-refractivity contribution in [1.29, 1.82) is 0 Å². The van der Waals surface area contributed by atoms with Crippen LogP contribution in [0.15, 0.2) is 29.1 Å². The number of aromatic amines is 1. The molecule has 27 heavy (non-hydrogen) atoms. The third-order valence-electron chi connectivity index (χ3n) is 5.03. The summed E-state index contributed by atoms with van der Waals surface area (Å²) in [5.41, 5.74) is 6.69. The fourth-order valence-corrected chi connectivity index (χ4v) is 4.07. The van der Waals surface area contributed by atoms with Crippen LogP contribution in [0.25, 0.3) is 10.9 Å². The van der Waals surface area contributed by atoms with Crippen molar-refractivity contribution in [3.05, 3.63) is 40.4 Å². The standard InChI is InChI=1S/C19H26N4O2S.ClH/c1-19(2)12-23(9-7-15(19)20)17(24)8-10-26-11-16-21-14-6-4-3-5-13(14)18(25)22-16;/h3-6,15H,7-12,20H2,1-2H3,(H,21,22,25);1H. The highest BCUT2D eigenvalue weighted by atomic mass is 35.5. The number of fused-ring (bicyclic) bond motifs is 1. The van der Waals surface area contributed by atoms with Crippen LogP contribution in [0.4, 0.5) is 0 Å². The molecule has 1 aliphatic rings. The summed E-state index contributed by atoms with van der Waals surface area (Å²) in [5, 5.41) is 0.599. The summed E-state index contributed by atoms with van der Waals surface area (Å²) < 4.78 is 0. The molecular weight excluding hydrogens is 384 g/mol. The molecule has 1 atom stereocenters. The quantitative estimate of drug-likeness (QED) is 0.739. The Kier molecular flexibility index (Phi) is 7.31. The molecule has 1 aromatic heterocycles. The minimum Gasteiger partial charge on any atom is -0.342 e. The van der Waals surface area contributed by atoms with E-state index < -0.39 is 0 Å². The second kappa shape index (κ2) is 9.08. The van der Waals surface area contributed by atoms with Crippen molar-refractivity contribution in [2.24, 2.45) is 11.1 Å². The first-order valence-corrected chi connectivity index (χ1v) is 10.1. The maximum absolute atomic E-state index is 12.4. The van der Waals surface area contributed by atoms with E-state index in [0.717, 1.165) is 19.5 Å². The second-order valence-electron chi connectivity index (χ2n) is 7.53. The minimum absolute atomic E-state index is 0. The van der Waals surface area contributed by atoms with Crippen LogP contribution in [0.1, 0.15) is 32.5 Å². The summed E-state index contributed by atoms with van der Waals surface area (Å²) in [6.07, 6.45) is 1.35. The lowest BCUT2D eigenvalue weighted by molar-refractivity contribution is -0.134. The Labute approximate surface area is 169 Å². The van der Waals surface area contributed by atoms with Gasteiger partial charge in [-0.05, 0) is 24.0 Å². The number of carbonyl (C=O) groups is 1. The number of piperidine rings is 1. The Morgan fingerprint density at radius 1 is 1.41 bits per heavy atom. The predicted molar refractivity (Wildman–Crippen MR) is 113 cm³/mol. The Morgan fingerprint density at radius 3 is 2.89 bits per heavy atom. The average Bonchev–Trinajstić information content (AvgIpc) is 2.61. The molecule has 1 amide bonds. The highest BCUT2D eigenvalue weighted by Crippen LogP contribution is 2.28. The zero-order valence-electron chi connectivity index (χ0n) is 15.7. The van der Waals surface area contributed by atoms with Crippen molar-refractivity contribution in [3.8, 4) is 0 Å². The number of hydrogen-bond acceptors (Lipinski definition) is 5. The van der Waals surface area contributed by atoms with Gasteiger partial charge in [0.1, 0.15) is 5.82 Å². The first kappa shape index (κ1) is 21.7. The van der Waals surface area contributed by atoms with Crippen molar-refractivity contribution in [3.63, 3.8) is 0 Å².